The normalized spacial score (nSPS) is 21.0. The van der Waals surface area contributed by atoms with E-state index in [2.05, 4.69) is 29.2 Å². The molecule has 0 bridgehead atoms. The molecule has 0 aliphatic carbocycles. The van der Waals surface area contributed by atoms with Crippen molar-refractivity contribution >= 4 is 5.97 Å². The monoisotopic (exact) mass is 319 g/mol. The second-order valence-corrected chi connectivity index (χ2v) is 7.30. The summed E-state index contributed by atoms with van der Waals surface area (Å²) in [5, 5.41) is 0. The van der Waals surface area contributed by atoms with Gasteiger partial charge in [-0.25, -0.2) is 4.79 Å². The Kier molecular flexibility index (Phi) is 6.19. The highest BCUT2D eigenvalue weighted by molar-refractivity contribution is 5.74. The van der Waals surface area contributed by atoms with Gasteiger partial charge in [-0.3, -0.25) is 4.90 Å². The highest BCUT2D eigenvalue weighted by Gasteiger charge is 2.27. The second kappa shape index (κ2) is 7.93. The van der Waals surface area contributed by atoms with E-state index in [1.807, 2.05) is 26.8 Å². The fourth-order valence-corrected chi connectivity index (χ4v) is 2.84. The van der Waals surface area contributed by atoms with Crippen molar-refractivity contribution in [2.75, 3.05) is 13.1 Å². The molecule has 23 heavy (non-hydrogen) atoms. The Balaban J connectivity index is 1.82. The van der Waals surface area contributed by atoms with Crippen molar-refractivity contribution in [2.45, 2.75) is 64.9 Å². The molecule has 0 N–H and O–H groups in total. The molecule has 0 radical (unpaired) electrons. The van der Waals surface area contributed by atoms with Gasteiger partial charge in [0.25, 0.3) is 0 Å². The number of hydrogen-bond acceptors (Lipinski definition) is 4. The predicted octanol–water partition coefficient (Wildman–Crippen LogP) is 3.40. The summed E-state index contributed by atoms with van der Waals surface area (Å²) in [7, 11) is 0. The predicted molar refractivity (Wildman–Crippen MR) is 91.1 cm³/mol. The van der Waals surface area contributed by atoms with Crippen molar-refractivity contribution in [3.63, 3.8) is 0 Å². The third kappa shape index (κ3) is 6.32. The van der Waals surface area contributed by atoms with Crippen molar-refractivity contribution < 1.29 is 14.3 Å². The maximum Gasteiger partial charge on any atom is 0.335 e. The molecule has 1 aromatic carbocycles. The number of esters is 1. The number of piperidine rings is 1. The Morgan fingerprint density at radius 2 is 2.00 bits per heavy atom. The van der Waals surface area contributed by atoms with Crippen LogP contribution in [-0.2, 0) is 20.8 Å². The van der Waals surface area contributed by atoms with Gasteiger partial charge in [-0.05, 0) is 52.6 Å². The summed E-state index contributed by atoms with van der Waals surface area (Å²) in [6.45, 7) is 10.3. The number of carbonyl (C=O) groups excluding carboxylic acids is 1. The molecule has 2 rings (SSSR count). The molecule has 1 fully saturated rings. The van der Waals surface area contributed by atoms with Crippen LogP contribution in [0.5, 0.6) is 0 Å². The van der Waals surface area contributed by atoms with Gasteiger partial charge in [-0.15, -0.1) is 0 Å². The highest BCUT2D eigenvalue weighted by Crippen LogP contribution is 2.18. The maximum absolute atomic E-state index is 12.0. The molecule has 1 heterocycles. The van der Waals surface area contributed by atoms with E-state index < -0.39 is 11.7 Å². The minimum atomic E-state index is -0.518. The number of likely N-dealkylation sites (tertiary alicyclic amines) is 1. The number of benzene rings is 1. The van der Waals surface area contributed by atoms with Gasteiger partial charge in [0.05, 0.1) is 6.10 Å². The molecule has 0 saturated carbocycles. The van der Waals surface area contributed by atoms with Gasteiger partial charge in [-0.1, -0.05) is 30.3 Å². The van der Waals surface area contributed by atoms with E-state index in [4.69, 9.17) is 9.47 Å². The van der Waals surface area contributed by atoms with Gasteiger partial charge < -0.3 is 9.47 Å². The Hall–Kier alpha value is -1.39. The Bertz CT molecular complexity index is 495. The Labute approximate surface area is 139 Å². The molecule has 1 saturated heterocycles. The lowest BCUT2D eigenvalue weighted by Crippen LogP contribution is -2.42. The maximum atomic E-state index is 12.0. The van der Waals surface area contributed by atoms with Crippen LogP contribution in [0.1, 0.15) is 46.1 Å². The summed E-state index contributed by atoms with van der Waals surface area (Å²) < 4.78 is 11.3. The first-order chi connectivity index (χ1) is 10.8. The van der Waals surface area contributed by atoms with Crippen LogP contribution in [0.15, 0.2) is 30.3 Å². The molecule has 1 aliphatic rings. The molecule has 2 atom stereocenters. The van der Waals surface area contributed by atoms with Crippen molar-refractivity contribution in [3.8, 4) is 0 Å². The molecule has 1 aromatic rings. The van der Waals surface area contributed by atoms with Gasteiger partial charge in [-0.2, -0.15) is 0 Å². The average Bonchev–Trinajstić information content (AvgIpc) is 2.47. The third-order valence-corrected chi connectivity index (χ3v) is 3.85. The van der Waals surface area contributed by atoms with Crippen LogP contribution in [0.3, 0.4) is 0 Å². The van der Waals surface area contributed by atoms with Gasteiger partial charge in [0.1, 0.15) is 5.60 Å². The fourth-order valence-electron chi connectivity index (χ4n) is 2.84. The van der Waals surface area contributed by atoms with Crippen LogP contribution in [0.4, 0.5) is 0 Å². The summed E-state index contributed by atoms with van der Waals surface area (Å²) in [6, 6.07) is 10.5. The number of nitrogens with zero attached hydrogens (tertiary/aromatic N) is 1. The fraction of sp³-hybridized carbons (Fsp3) is 0.632. The summed E-state index contributed by atoms with van der Waals surface area (Å²) >= 11 is 0. The number of rotatable bonds is 5. The molecule has 0 aromatic heterocycles. The minimum absolute atomic E-state index is 0.0926. The standard InChI is InChI=1S/C19H29NO3/c1-15(18(21)23-19(2,3)4)22-17-11-8-12-20(14-17)13-16-9-6-5-7-10-16/h5-7,9-10,15,17H,8,11-14H2,1-4H3/t15?,17-/m1/s1. The van der Waals surface area contributed by atoms with E-state index in [1.165, 1.54) is 5.56 Å². The van der Waals surface area contributed by atoms with Gasteiger partial charge in [0.15, 0.2) is 6.10 Å². The van der Waals surface area contributed by atoms with Gasteiger partial charge in [0.2, 0.25) is 0 Å². The van der Waals surface area contributed by atoms with E-state index in [1.54, 1.807) is 6.92 Å². The van der Waals surface area contributed by atoms with Crippen molar-refractivity contribution in [1.82, 2.24) is 4.90 Å². The van der Waals surface area contributed by atoms with Crippen LogP contribution in [0.25, 0.3) is 0 Å². The molecule has 4 heteroatoms. The zero-order valence-electron chi connectivity index (χ0n) is 14.7. The lowest BCUT2D eigenvalue weighted by molar-refractivity contribution is -0.172. The second-order valence-electron chi connectivity index (χ2n) is 7.30. The molecule has 0 amide bonds. The van der Waals surface area contributed by atoms with E-state index in [-0.39, 0.29) is 12.1 Å². The molecule has 0 spiro atoms. The van der Waals surface area contributed by atoms with Gasteiger partial charge >= 0.3 is 5.97 Å². The first-order valence-electron chi connectivity index (χ1n) is 8.48. The van der Waals surface area contributed by atoms with E-state index in [9.17, 15) is 4.79 Å². The molecule has 1 aliphatic heterocycles. The third-order valence-electron chi connectivity index (χ3n) is 3.85. The quantitative estimate of drug-likeness (QED) is 0.780. The molecular weight excluding hydrogens is 290 g/mol. The van der Waals surface area contributed by atoms with Gasteiger partial charge in [0, 0.05) is 13.1 Å². The lowest BCUT2D eigenvalue weighted by Gasteiger charge is -2.34. The van der Waals surface area contributed by atoms with E-state index >= 15 is 0 Å². The molecule has 4 nitrogen and oxygen atoms in total. The SMILES string of the molecule is CC(O[C@@H]1CCCN(Cc2ccccc2)C1)C(=O)OC(C)(C)C. The van der Waals surface area contributed by atoms with Crippen LogP contribution in [0.2, 0.25) is 0 Å². The smallest absolute Gasteiger partial charge is 0.335 e. The summed E-state index contributed by atoms with van der Waals surface area (Å²) in [5.41, 5.74) is 0.842. The minimum Gasteiger partial charge on any atom is -0.458 e. The van der Waals surface area contributed by atoms with Crippen molar-refractivity contribution in [2.24, 2.45) is 0 Å². The average molecular weight is 319 g/mol. The summed E-state index contributed by atoms with van der Waals surface area (Å²) in [5.74, 6) is -0.280. The topological polar surface area (TPSA) is 38.8 Å². The van der Waals surface area contributed by atoms with E-state index in [0.717, 1.165) is 32.5 Å². The zero-order chi connectivity index (χ0) is 16.9. The van der Waals surface area contributed by atoms with Crippen LogP contribution in [0, 0.1) is 0 Å². The first kappa shape index (κ1) is 18.0. The van der Waals surface area contributed by atoms with Crippen molar-refractivity contribution in [1.29, 1.82) is 0 Å². The summed E-state index contributed by atoms with van der Waals surface area (Å²) in [6.07, 6.45) is 1.67. The zero-order valence-corrected chi connectivity index (χ0v) is 14.7. The number of ether oxygens (including phenoxy) is 2. The summed E-state index contributed by atoms with van der Waals surface area (Å²) in [4.78, 5) is 14.4. The number of carbonyl (C=O) groups is 1. The molecule has 1 unspecified atom stereocenters. The lowest BCUT2D eigenvalue weighted by atomic mass is 10.1. The Morgan fingerprint density at radius 1 is 1.30 bits per heavy atom. The highest BCUT2D eigenvalue weighted by atomic mass is 16.6. The Morgan fingerprint density at radius 3 is 2.65 bits per heavy atom. The number of hydrogen-bond donors (Lipinski definition) is 0. The molecule has 128 valence electrons. The largest absolute Gasteiger partial charge is 0.458 e. The first-order valence-corrected chi connectivity index (χ1v) is 8.48. The van der Waals surface area contributed by atoms with E-state index in [0.29, 0.717) is 0 Å². The van der Waals surface area contributed by atoms with Crippen LogP contribution < -0.4 is 0 Å². The van der Waals surface area contributed by atoms with Crippen LogP contribution >= 0.6 is 0 Å². The molecular formula is C19H29NO3. The van der Waals surface area contributed by atoms with Crippen LogP contribution in [-0.4, -0.2) is 41.8 Å². The van der Waals surface area contributed by atoms with Crippen molar-refractivity contribution in [3.05, 3.63) is 35.9 Å².